The molecule has 3 heterocycles. The predicted octanol–water partition coefficient (Wildman–Crippen LogP) is 3.25. The molecule has 5 rings (SSSR count). The smallest absolute Gasteiger partial charge is 0.244 e. The third-order valence-corrected chi connectivity index (χ3v) is 5.92. The summed E-state index contributed by atoms with van der Waals surface area (Å²) in [4.78, 5) is 22.2. The van der Waals surface area contributed by atoms with E-state index >= 15 is 0 Å². The second kappa shape index (κ2) is 8.05. The molecule has 0 aliphatic carbocycles. The van der Waals surface area contributed by atoms with Crippen LogP contribution in [-0.4, -0.2) is 54.7 Å². The molecule has 0 saturated carbocycles. The minimum absolute atomic E-state index is 0.00177. The topological polar surface area (TPSA) is 54.9 Å². The Labute approximate surface area is 176 Å². The number of rotatable bonds is 5. The summed E-state index contributed by atoms with van der Waals surface area (Å²) in [7, 11) is 1.65. The zero-order valence-corrected chi connectivity index (χ0v) is 17.0. The number of fused-ring (bicyclic) bond motifs is 4. The van der Waals surface area contributed by atoms with Gasteiger partial charge in [-0.3, -0.25) is 14.7 Å². The molecule has 1 aromatic heterocycles. The number of anilines is 1. The number of hydrogen-bond donors (Lipinski definition) is 0. The van der Waals surface area contributed by atoms with Crippen molar-refractivity contribution in [1.82, 2.24) is 9.88 Å². The van der Waals surface area contributed by atoms with Crippen LogP contribution < -0.4 is 9.64 Å². The summed E-state index contributed by atoms with van der Waals surface area (Å²) in [5.74, 6) is 0.874. The van der Waals surface area contributed by atoms with Crippen LogP contribution in [-0.2, 0) is 16.1 Å². The summed E-state index contributed by atoms with van der Waals surface area (Å²) in [6.45, 7) is 2.37. The van der Waals surface area contributed by atoms with Crippen LogP contribution in [0.5, 0.6) is 5.75 Å². The monoisotopic (exact) mass is 403 g/mol. The Balaban J connectivity index is 1.44. The molecule has 2 aliphatic rings. The van der Waals surface area contributed by atoms with Gasteiger partial charge in [-0.05, 0) is 29.8 Å². The number of pyridine rings is 1. The van der Waals surface area contributed by atoms with Gasteiger partial charge in [-0.25, -0.2) is 0 Å². The fraction of sp³-hybridized carbons (Fsp3) is 0.333. The van der Waals surface area contributed by atoms with Crippen molar-refractivity contribution in [3.63, 3.8) is 0 Å². The van der Waals surface area contributed by atoms with Crippen molar-refractivity contribution >= 4 is 22.5 Å². The highest BCUT2D eigenvalue weighted by Crippen LogP contribution is 2.36. The zero-order chi connectivity index (χ0) is 20.5. The first-order valence-corrected chi connectivity index (χ1v) is 10.4. The van der Waals surface area contributed by atoms with Crippen LogP contribution in [0, 0.1) is 0 Å². The van der Waals surface area contributed by atoms with Crippen LogP contribution in [0.2, 0.25) is 0 Å². The second-order valence-electron chi connectivity index (χ2n) is 7.91. The number of likely N-dealkylation sites (tertiary alicyclic amines) is 1. The first-order chi connectivity index (χ1) is 14.7. The summed E-state index contributed by atoms with van der Waals surface area (Å²) in [5, 5.41) is 1.11. The number of ether oxygens (including phenoxy) is 2. The molecule has 154 valence electrons. The number of methoxy groups -OCH3 is 1. The molecule has 2 aromatic carbocycles. The molecule has 2 aliphatic heterocycles. The first kappa shape index (κ1) is 19.0. The van der Waals surface area contributed by atoms with Crippen molar-refractivity contribution in [1.29, 1.82) is 0 Å². The highest BCUT2D eigenvalue weighted by atomic mass is 16.5. The van der Waals surface area contributed by atoms with Gasteiger partial charge in [0.15, 0.2) is 0 Å². The average molecular weight is 403 g/mol. The molecular formula is C24H25N3O3. The Morgan fingerprint density at radius 1 is 1.17 bits per heavy atom. The van der Waals surface area contributed by atoms with Crippen molar-refractivity contribution in [3.8, 4) is 5.75 Å². The lowest BCUT2D eigenvalue weighted by Crippen LogP contribution is -2.47. The second-order valence-corrected chi connectivity index (χ2v) is 7.91. The maximum atomic E-state index is 13.6. The summed E-state index contributed by atoms with van der Waals surface area (Å²) in [5.41, 5.74) is 2.91. The number of amides is 1. The molecule has 1 amide bonds. The third-order valence-electron chi connectivity index (χ3n) is 5.92. The van der Waals surface area contributed by atoms with E-state index in [0.717, 1.165) is 34.4 Å². The van der Waals surface area contributed by atoms with Gasteiger partial charge in [0.1, 0.15) is 11.9 Å². The van der Waals surface area contributed by atoms with Crippen LogP contribution in [0.15, 0.2) is 60.8 Å². The van der Waals surface area contributed by atoms with E-state index < -0.39 is 0 Å². The minimum atomic E-state index is -0.216. The summed E-state index contributed by atoms with van der Waals surface area (Å²) in [6, 6.07) is 17.8. The van der Waals surface area contributed by atoms with E-state index in [0.29, 0.717) is 26.1 Å². The Morgan fingerprint density at radius 2 is 2.00 bits per heavy atom. The van der Waals surface area contributed by atoms with Crippen molar-refractivity contribution in [2.24, 2.45) is 0 Å². The number of nitrogens with zero attached hydrogens (tertiary/aromatic N) is 3. The van der Waals surface area contributed by atoms with Crippen LogP contribution in [0.4, 0.5) is 5.69 Å². The summed E-state index contributed by atoms with van der Waals surface area (Å²) in [6.07, 6.45) is 2.60. The van der Waals surface area contributed by atoms with Gasteiger partial charge in [-0.1, -0.05) is 30.3 Å². The summed E-state index contributed by atoms with van der Waals surface area (Å²) < 4.78 is 11.6. The van der Waals surface area contributed by atoms with Gasteiger partial charge in [-0.2, -0.15) is 0 Å². The molecule has 30 heavy (non-hydrogen) atoms. The van der Waals surface area contributed by atoms with Crippen LogP contribution in [0.25, 0.3) is 10.9 Å². The molecule has 0 radical (unpaired) electrons. The number of carbonyl (C=O) groups is 1. The van der Waals surface area contributed by atoms with Crippen molar-refractivity contribution in [3.05, 3.63) is 66.4 Å². The van der Waals surface area contributed by atoms with Gasteiger partial charge in [0, 0.05) is 44.7 Å². The summed E-state index contributed by atoms with van der Waals surface area (Å²) >= 11 is 0. The zero-order valence-electron chi connectivity index (χ0n) is 17.0. The van der Waals surface area contributed by atoms with Crippen molar-refractivity contribution < 1.29 is 14.3 Å². The molecule has 3 aromatic rings. The fourth-order valence-corrected chi connectivity index (χ4v) is 4.49. The number of aromatic nitrogens is 1. The van der Waals surface area contributed by atoms with E-state index in [2.05, 4.69) is 22.0 Å². The van der Waals surface area contributed by atoms with Gasteiger partial charge >= 0.3 is 0 Å². The molecule has 6 nitrogen and oxygen atoms in total. The normalized spacial score (nSPS) is 21.2. The standard InChI is InChI=1S/C24H25N3O3/c1-29-11-10-27-21-8-4-5-9-23(21)30-19-13-22(24(27)28)26(16-19)15-17-12-18-6-2-3-7-20(18)25-14-17/h2-9,12,14,19,22H,10-11,13,15-16H2,1H3/t19-,22-/m0/s1. The lowest BCUT2D eigenvalue weighted by molar-refractivity contribution is -0.123. The number of benzene rings is 2. The van der Waals surface area contributed by atoms with E-state index in [1.165, 1.54) is 0 Å². The third kappa shape index (κ3) is 3.53. The highest BCUT2D eigenvalue weighted by molar-refractivity contribution is 5.99. The van der Waals surface area contributed by atoms with E-state index in [1.807, 2.05) is 53.6 Å². The van der Waals surface area contributed by atoms with Gasteiger partial charge in [0.25, 0.3) is 0 Å². The Hall–Kier alpha value is -2.96. The molecule has 2 bridgehead atoms. The van der Waals surface area contributed by atoms with Crippen LogP contribution in [0.3, 0.4) is 0 Å². The minimum Gasteiger partial charge on any atom is -0.487 e. The van der Waals surface area contributed by atoms with E-state index in [1.54, 1.807) is 7.11 Å². The van der Waals surface area contributed by atoms with Gasteiger partial charge < -0.3 is 14.4 Å². The highest BCUT2D eigenvalue weighted by Gasteiger charge is 2.42. The van der Waals surface area contributed by atoms with E-state index in [4.69, 9.17) is 9.47 Å². The SMILES string of the molecule is COCCN1C(=O)[C@@H]2C[C@@H](CN2Cc2cnc3ccccc3c2)Oc2ccccc21. The van der Waals surface area contributed by atoms with Crippen LogP contribution in [0.1, 0.15) is 12.0 Å². The Morgan fingerprint density at radius 3 is 2.90 bits per heavy atom. The molecule has 2 atom stereocenters. The molecule has 0 unspecified atom stereocenters. The molecular weight excluding hydrogens is 378 g/mol. The van der Waals surface area contributed by atoms with Gasteiger partial charge in [0.05, 0.1) is 23.9 Å². The molecule has 1 fully saturated rings. The van der Waals surface area contributed by atoms with Gasteiger partial charge in [-0.15, -0.1) is 0 Å². The van der Waals surface area contributed by atoms with Crippen molar-refractivity contribution in [2.75, 3.05) is 31.7 Å². The molecule has 6 heteroatoms. The molecule has 0 N–H and O–H groups in total. The maximum Gasteiger partial charge on any atom is 0.244 e. The maximum absolute atomic E-state index is 13.6. The number of hydrogen-bond acceptors (Lipinski definition) is 5. The fourth-order valence-electron chi connectivity index (χ4n) is 4.49. The van der Waals surface area contributed by atoms with Crippen molar-refractivity contribution in [2.45, 2.75) is 25.1 Å². The lowest BCUT2D eigenvalue weighted by atomic mass is 10.1. The molecule has 1 saturated heterocycles. The lowest BCUT2D eigenvalue weighted by Gasteiger charge is -2.31. The van der Waals surface area contributed by atoms with Gasteiger partial charge in [0.2, 0.25) is 5.91 Å². The first-order valence-electron chi connectivity index (χ1n) is 10.4. The Kier molecular flexibility index (Phi) is 5.11. The quantitative estimate of drug-likeness (QED) is 0.655. The Bertz CT molecular complexity index is 1070. The van der Waals surface area contributed by atoms with Crippen LogP contribution >= 0.6 is 0 Å². The number of carbonyl (C=O) groups excluding carboxylic acids is 1. The van der Waals surface area contributed by atoms with E-state index in [-0.39, 0.29) is 18.1 Å². The molecule has 0 spiro atoms. The predicted molar refractivity (Wildman–Crippen MR) is 116 cm³/mol. The largest absolute Gasteiger partial charge is 0.487 e. The van der Waals surface area contributed by atoms with E-state index in [9.17, 15) is 4.79 Å². The average Bonchev–Trinajstić information content (AvgIpc) is 3.17. The number of para-hydroxylation sites is 3.